The van der Waals surface area contributed by atoms with Gasteiger partial charge in [0.05, 0.1) is 23.8 Å². The van der Waals surface area contributed by atoms with Crippen molar-refractivity contribution in [2.75, 3.05) is 18.4 Å². The minimum atomic E-state index is -0.0415. The maximum Gasteiger partial charge on any atom is 0.229 e. The van der Waals surface area contributed by atoms with Gasteiger partial charge in [-0.1, -0.05) is 11.6 Å². The number of piperidine rings is 1. The summed E-state index contributed by atoms with van der Waals surface area (Å²) in [6.45, 7) is 2.31. The van der Waals surface area contributed by atoms with Gasteiger partial charge in [0.1, 0.15) is 5.82 Å². The normalized spacial score (nSPS) is 18.8. The van der Waals surface area contributed by atoms with Crippen LogP contribution in [0.25, 0.3) is 0 Å². The van der Waals surface area contributed by atoms with Crippen molar-refractivity contribution in [3.63, 3.8) is 0 Å². The summed E-state index contributed by atoms with van der Waals surface area (Å²) < 4.78 is 2.68. The molecule has 1 saturated heterocycles. The van der Waals surface area contributed by atoms with Gasteiger partial charge in [0.2, 0.25) is 5.91 Å². The van der Waals surface area contributed by atoms with Crippen LogP contribution in [0.3, 0.4) is 0 Å². The van der Waals surface area contributed by atoms with Crippen molar-refractivity contribution in [1.82, 2.24) is 19.7 Å². The third-order valence-corrected chi connectivity index (χ3v) is 4.47. The molecular formula is C15H17BrClN5O. The molecule has 1 N–H and O–H groups in total. The highest BCUT2D eigenvalue weighted by atomic mass is 79.9. The van der Waals surface area contributed by atoms with E-state index in [4.69, 9.17) is 11.6 Å². The Labute approximate surface area is 148 Å². The Morgan fingerprint density at radius 3 is 3.00 bits per heavy atom. The minimum absolute atomic E-state index is 0.0167. The largest absolute Gasteiger partial charge is 0.310 e. The molecule has 2 aromatic rings. The molecule has 0 saturated carbocycles. The van der Waals surface area contributed by atoms with Gasteiger partial charge < -0.3 is 5.32 Å². The van der Waals surface area contributed by atoms with Crippen LogP contribution in [-0.2, 0) is 11.5 Å². The fourth-order valence-electron chi connectivity index (χ4n) is 2.70. The number of hydrogen-bond acceptors (Lipinski definition) is 4. The van der Waals surface area contributed by atoms with E-state index in [1.54, 1.807) is 29.3 Å². The van der Waals surface area contributed by atoms with Crippen LogP contribution in [0.2, 0.25) is 5.02 Å². The molecule has 6 nitrogen and oxygen atoms in total. The third kappa shape index (κ3) is 4.53. The molecule has 0 spiro atoms. The van der Waals surface area contributed by atoms with Crippen LogP contribution in [0, 0.1) is 5.92 Å². The molecule has 0 aliphatic carbocycles. The number of aromatic nitrogens is 3. The van der Waals surface area contributed by atoms with Gasteiger partial charge in [0.25, 0.3) is 0 Å². The van der Waals surface area contributed by atoms with Gasteiger partial charge in [-0.2, -0.15) is 5.10 Å². The molecule has 1 unspecified atom stereocenters. The van der Waals surface area contributed by atoms with E-state index in [-0.39, 0.29) is 11.8 Å². The standard InChI is InChI=1S/C15H17BrClN5O/c16-12-3-4-14(18-6-12)20-15(23)11-2-1-5-21(8-11)10-22-9-13(17)7-19-22/h3-4,6-7,9,11H,1-2,5,8,10H2,(H,18,20,23). The molecule has 1 amide bonds. The SMILES string of the molecule is O=C(Nc1ccc(Br)cn1)C1CCCN(Cn2cc(Cl)cn2)C1. The Balaban J connectivity index is 1.56. The molecule has 8 heteroatoms. The van der Waals surface area contributed by atoms with Crippen LogP contribution >= 0.6 is 27.5 Å². The summed E-state index contributed by atoms with van der Waals surface area (Å²) in [5.41, 5.74) is 0. The van der Waals surface area contributed by atoms with Crippen molar-refractivity contribution >= 4 is 39.3 Å². The van der Waals surface area contributed by atoms with Crippen molar-refractivity contribution in [3.05, 3.63) is 40.2 Å². The number of nitrogens with zero attached hydrogens (tertiary/aromatic N) is 4. The molecule has 23 heavy (non-hydrogen) atoms. The number of carbonyl (C=O) groups excluding carboxylic acids is 1. The fourth-order valence-corrected chi connectivity index (χ4v) is 3.09. The molecule has 122 valence electrons. The maximum atomic E-state index is 12.4. The minimum Gasteiger partial charge on any atom is -0.310 e. The number of halogens is 2. The van der Waals surface area contributed by atoms with E-state index in [9.17, 15) is 4.79 Å². The van der Waals surface area contributed by atoms with E-state index < -0.39 is 0 Å². The molecule has 1 atom stereocenters. The summed E-state index contributed by atoms with van der Waals surface area (Å²) in [4.78, 5) is 18.8. The Morgan fingerprint density at radius 1 is 1.43 bits per heavy atom. The number of amides is 1. The van der Waals surface area contributed by atoms with Gasteiger partial charge in [-0.05, 0) is 47.4 Å². The van der Waals surface area contributed by atoms with Crippen molar-refractivity contribution in [2.24, 2.45) is 5.92 Å². The number of anilines is 1. The van der Waals surface area contributed by atoms with Gasteiger partial charge in [-0.3, -0.25) is 14.4 Å². The number of carbonyl (C=O) groups is 1. The fraction of sp³-hybridized carbons (Fsp3) is 0.400. The molecular weight excluding hydrogens is 382 g/mol. The van der Waals surface area contributed by atoms with Crippen LogP contribution in [0.4, 0.5) is 5.82 Å². The van der Waals surface area contributed by atoms with E-state index in [1.165, 1.54) is 0 Å². The number of rotatable bonds is 4. The van der Waals surface area contributed by atoms with Crippen molar-refractivity contribution in [1.29, 1.82) is 0 Å². The van der Waals surface area contributed by atoms with E-state index in [0.29, 0.717) is 24.1 Å². The average molecular weight is 399 g/mol. The smallest absolute Gasteiger partial charge is 0.229 e. The summed E-state index contributed by atoms with van der Waals surface area (Å²) in [5.74, 6) is 0.553. The Morgan fingerprint density at radius 2 is 2.30 bits per heavy atom. The maximum absolute atomic E-state index is 12.4. The lowest BCUT2D eigenvalue weighted by Gasteiger charge is -2.31. The van der Waals surface area contributed by atoms with E-state index in [0.717, 1.165) is 23.9 Å². The zero-order valence-corrected chi connectivity index (χ0v) is 14.8. The predicted octanol–water partition coefficient (Wildman–Crippen LogP) is 3.00. The highest BCUT2D eigenvalue weighted by Crippen LogP contribution is 2.19. The van der Waals surface area contributed by atoms with Crippen molar-refractivity contribution in [2.45, 2.75) is 19.5 Å². The molecule has 2 aromatic heterocycles. The highest BCUT2D eigenvalue weighted by molar-refractivity contribution is 9.10. The lowest BCUT2D eigenvalue weighted by atomic mass is 9.97. The third-order valence-electron chi connectivity index (χ3n) is 3.80. The zero-order chi connectivity index (χ0) is 16.2. The van der Waals surface area contributed by atoms with Crippen LogP contribution < -0.4 is 5.32 Å². The predicted molar refractivity (Wildman–Crippen MR) is 92.1 cm³/mol. The number of likely N-dealkylation sites (tertiary alicyclic amines) is 1. The monoisotopic (exact) mass is 397 g/mol. The summed E-state index contributed by atoms with van der Waals surface area (Å²) in [6.07, 6.45) is 6.95. The molecule has 0 bridgehead atoms. The topological polar surface area (TPSA) is 63.1 Å². The van der Waals surface area contributed by atoms with Crippen LogP contribution in [0.1, 0.15) is 12.8 Å². The lowest BCUT2D eigenvalue weighted by molar-refractivity contribution is -0.121. The molecule has 1 fully saturated rings. The first kappa shape index (κ1) is 16.4. The summed E-state index contributed by atoms with van der Waals surface area (Å²) in [7, 11) is 0. The average Bonchev–Trinajstić information content (AvgIpc) is 2.95. The zero-order valence-electron chi connectivity index (χ0n) is 12.5. The van der Waals surface area contributed by atoms with Crippen LogP contribution in [0.15, 0.2) is 35.2 Å². The molecule has 0 aromatic carbocycles. The second-order valence-corrected chi connectivity index (χ2v) is 6.96. The first-order chi connectivity index (χ1) is 11.1. The van der Waals surface area contributed by atoms with Gasteiger partial charge in [-0.25, -0.2) is 4.98 Å². The quantitative estimate of drug-likeness (QED) is 0.860. The van der Waals surface area contributed by atoms with Gasteiger partial charge in [-0.15, -0.1) is 0 Å². The first-order valence-electron chi connectivity index (χ1n) is 7.43. The Hall–Kier alpha value is -1.44. The van der Waals surface area contributed by atoms with E-state index in [1.807, 2.05) is 6.07 Å². The lowest BCUT2D eigenvalue weighted by Crippen LogP contribution is -2.41. The first-order valence-corrected chi connectivity index (χ1v) is 8.60. The molecule has 1 aliphatic rings. The van der Waals surface area contributed by atoms with Gasteiger partial charge >= 0.3 is 0 Å². The molecule has 3 heterocycles. The summed E-state index contributed by atoms with van der Waals surface area (Å²) in [5, 5.41) is 7.69. The number of pyridine rings is 1. The van der Waals surface area contributed by atoms with Crippen molar-refractivity contribution < 1.29 is 4.79 Å². The second kappa shape index (κ2) is 7.42. The van der Waals surface area contributed by atoms with Crippen LogP contribution in [-0.4, -0.2) is 38.7 Å². The highest BCUT2D eigenvalue weighted by Gasteiger charge is 2.26. The molecule has 3 rings (SSSR count). The van der Waals surface area contributed by atoms with E-state index in [2.05, 4.69) is 36.2 Å². The van der Waals surface area contributed by atoms with E-state index >= 15 is 0 Å². The molecule has 0 radical (unpaired) electrons. The number of nitrogens with one attached hydrogen (secondary N) is 1. The Kier molecular flexibility index (Phi) is 5.30. The Bertz CT molecular complexity index is 675. The summed E-state index contributed by atoms with van der Waals surface area (Å²) >= 11 is 9.21. The van der Waals surface area contributed by atoms with Crippen LogP contribution in [0.5, 0.6) is 0 Å². The summed E-state index contributed by atoms with van der Waals surface area (Å²) in [6, 6.07) is 3.64. The van der Waals surface area contributed by atoms with Gasteiger partial charge in [0, 0.05) is 23.4 Å². The second-order valence-electron chi connectivity index (χ2n) is 5.61. The van der Waals surface area contributed by atoms with Gasteiger partial charge in [0.15, 0.2) is 0 Å². The van der Waals surface area contributed by atoms with Crippen molar-refractivity contribution in [3.8, 4) is 0 Å². The number of hydrogen-bond donors (Lipinski definition) is 1. The molecule has 1 aliphatic heterocycles.